The summed E-state index contributed by atoms with van der Waals surface area (Å²) in [5.74, 6) is 1.50. The van der Waals surface area contributed by atoms with E-state index in [4.69, 9.17) is 9.47 Å². The second-order valence-corrected chi connectivity index (χ2v) is 12.4. The number of hydrogen-bond acceptors (Lipinski definition) is 8. The molecule has 1 saturated heterocycles. The standard InChI is InChI=1S/C28H35N5O5S/c1-18-9-10-19(13-23(18)38-25-16-24(29-17-30-25)33-11-7-8-12-33)27(34)31-21-14-20(28(2,3)4)15-22(26(21)37-5)32-39(6,35)36/h9-10,13-17,32H,7-8,11-12H2,1-6H3,(H,31,34). The van der Waals surface area contributed by atoms with Crippen LogP contribution in [-0.2, 0) is 15.4 Å². The maximum Gasteiger partial charge on any atom is 0.255 e. The lowest BCUT2D eigenvalue weighted by Crippen LogP contribution is -2.19. The molecule has 39 heavy (non-hydrogen) atoms. The molecule has 1 aliphatic rings. The minimum Gasteiger partial charge on any atom is -0.492 e. The fraction of sp³-hybridized carbons (Fsp3) is 0.393. The van der Waals surface area contributed by atoms with Crippen molar-refractivity contribution in [3.05, 3.63) is 59.4 Å². The summed E-state index contributed by atoms with van der Waals surface area (Å²) in [6, 6.07) is 10.5. The van der Waals surface area contributed by atoms with Gasteiger partial charge in [0, 0.05) is 24.7 Å². The highest BCUT2D eigenvalue weighted by atomic mass is 32.2. The van der Waals surface area contributed by atoms with Gasteiger partial charge in [0.1, 0.15) is 17.9 Å². The number of amides is 1. The maximum absolute atomic E-state index is 13.4. The zero-order chi connectivity index (χ0) is 28.4. The molecule has 0 radical (unpaired) electrons. The van der Waals surface area contributed by atoms with Gasteiger partial charge >= 0.3 is 0 Å². The number of ether oxygens (including phenoxy) is 2. The van der Waals surface area contributed by atoms with E-state index in [1.807, 2.05) is 27.7 Å². The number of hydrogen-bond donors (Lipinski definition) is 2. The third-order valence-corrected chi connectivity index (χ3v) is 7.02. The van der Waals surface area contributed by atoms with E-state index in [-0.39, 0.29) is 16.9 Å². The first-order valence-corrected chi connectivity index (χ1v) is 14.6. The zero-order valence-corrected chi connectivity index (χ0v) is 24.0. The highest BCUT2D eigenvalue weighted by Gasteiger charge is 2.23. The molecule has 1 fully saturated rings. The largest absolute Gasteiger partial charge is 0.492 e. The Morgan fingerprint density at radius 3 is 2.36 bits per heavy atom. The molecule has 1 aliphatic heterocycles. The van der Waals surface area contributed by atoms with Crippen LogP contribution in [0.15, 0.2) is 42.7 Å². The second kappa shape index (κ2) is 11.1. The third kappa shape index (κ3) is 6.97. The number of carbonyl (C=O) groups excluding carboxylic acids is 1. The van der Waals surface area contributed by atoms with E-state index in [1.54, 1.807) is 36.4 Å². The lowest BCUT2D eigenvalue weighted by atomic mass is 9.86. The van der Waals surface area contributed by atoms with E-state index in [0.29, 0.717) is 22.9 Å². The lowest BCUT2D eigenvalue weighted by Gasteiger charge is -2.24. The first kappa shape index (κ1) is 28.2. The van der Waals surface area contributed by atoms with Gasteiger partial charge in [-0.15, -0.1) is 0 Å². The zero-order valence-electron chi connectivity index (χ0n) is 23.2. The summed E-state index contributed by atoms with van der Waals surface area (Å²) in [6.45, 7) is 9.78. The maximum atomic E-state index is 13.4. The number of methoxy groups -OCH3 is 1. The fourth-order valence-electron chi connectivity index (χ4n) is 4.31. The number of sulfonamides is 1. The molecule has 0 aliphatic carbocycles. The highest BCUT2D eigenvalue weighted by Crippen LogP contribution is 2.39. The van der Waals surface area contributed by atoms with Gasteiger partial charge in [-0.25, -0.2) is 18.4 Å². The van der Waals surface area contributed by atoms with Gasteiger partial charge in [0.15, 0.2) is 5.75 Å². The van der Waals surface area contributed by atoms with Gasteiger partial charge in [0.05, 0.1) is 24.7 Å². The monoisotopic (exact) mass is 553 g/mol. The molecule has 2 aromatic carbocycles. The van der Waals surface area contributed by atoms with Crippen LogP contribution in [0.1, 0.15) is 55.1 Å². The number of nitrogens with zero attached hydrogens (tertiary/aromatic N) is 3. The number of aryl methyl sites for hydroxylation is 1. The highest BCUT2D eigenvalue weighted by molar-refractivity contribution is 7.92. The van der Waals surface area contributed by atoms with E-state index < -0.39 is 15.9 Å². The molecule has 2 heterocycles. The van der Waals surface area contributed by atoms with E-state index in [0.717, 1.165) is 49.1 Å². The minimum absolute atomic E-state index is 0.209. The van der Waals surface area contributed by atoms with Crippen molar-refractivity contribution in [1.29, 1.82) is 0 Å². The number of carbonyl (C=O) groups is 1. The Kier molecular flexibility index (Phi) is 8.01. The summed E-state index contributed by atoms with van der Waals surface area (Å²) in [6.07, 6.45) is 4.80. The summed E-state index contributed by atoms with van der Waals surface area (Å²) >= 11 is 0. The molecular formula is C28H35N5O5S. The topological polar surface area (TPSA) is 123 Å². The first-order chi connectivity index (χ1) is 18.3. The number of rotatable bonds is 8. The summed E-state index contributed by atoms with van der Waals surface area (Å²) in [4.78, 5) is 24.2. The number of nitrogens with one attached hydrogen (secondary N) is 2. The molecule has 208 valence electrons. The van der Waals surface area contributed by atoms with Gasteiger partial charge in [-0.05, 0) is 60.6 Å². The molecular weight excluding hydrogens is 518 g/mol. The quantitative estimate of drug-likeness (QED) is 0.395. The van der Waals surface area contributed by atoms with Gasteiger partial charge in [0.2, 0.25) is 15.9 Å². The summed E-state index contributed by atoms with van der Waals surface area (Å²) in [5.41, 5.74) is 2.26. The average Bonchev–Trinajstić information content (AvgIpc) is 3.39. The van der Waals surface area contributed by atoms with E-state index in [9.17, 15) is 13.2 Å². The van der Waals surface area contributed by atoms with E-state index in [1.165, 1.54) is 13.4 Å². The summed E-state index contributed by atoms with van der Waals surface area (Å²) in [5, 5.41) is 2.89. The van der Waals surface area contributed by atoms with Gasteiger partial charge in [-0.1, -0.05) is 26.8 Å². The van der Waals surface area contributed by atoms with Crippen LogP contribution in [0.2, 0.25) is 0 Å². The third-order valence-electron chi connectivity index (χ3n) is 6.43. The molecule has 0 unspecified atom stereocenters. The van der Waals surface area contributed by atoms with Crippen molar-refractivity contribution in [1.82, 2.24) is 9.97 Å². The molecule has 1 aromatic heterocycles. The molecule has 0 atom stereocenters. The Hall–Kier alpha value is -3.86. The van der Waals surface area contributed by atoms with Crippen molar-refractivity contribution < 1.29 is 22.7 Å². The Bertz CT molecular complexity index is 1480. The fourth-order valence-corrected chi connectivity index (χ4v) is 4.86. The van der Waals surface area contributed by atoms with Crippen LogP contribution in [-0.4, -0.2) is 50.7 Å². The van der Waals surface area contributed by atoms with Crippen LogP contribution >= 0.6 is 0 Å². The molecule has 10 nitrogen and oxygen atoms in total. The van der Waals surface area contributed by atoms with Crippen molar-refractivity contribution in [3.8, 4) is 17.4 Å². The van der Waals surface area contributed by atoms with E-state index >= 15 is 0 Å². The SMILES string of the molecule is COc1c(NC(=O)c2ccc(C)c(Oc3cc(N4CCCC4)ncn3)c2)cc(C(C)(C)C)cc1NS(C)(=O)=O. The van der Waals surface area contributed by atoms with Crippen molar-refractivity contribution in [3.63, 3.8) is 0 Å². The van der Waals surface area contributed by atoms with E-state index in [2.05, 4.69) is 24.9 Å². The van der Waals surface area contributed by atoms with Gasteiger partial charge in [-0.2, -0.15) is 0 Å². The molecule has 0 saturated carbocycles. The molecule has 3 aromatic rings. The Morgan fingerprint density at radius 2 is 1.72 bits per heavy atom. The summed E-state index contributed by atoms with van der Waals surface area (Å²) in [7, 11) is -2.17. The van der Waals surface area contributed by atoms with Crippen LogP contribution in [0.3, 0.4) is 0 Å². The van der Waals surface area contributed by atoms with Crippen LogP contribution < -0.4 is 24.4 Å². The molecule has 11 heteroatoms. The van der Waals surface area contributed by atoms with Crippen LogP contribution in [0.4, 0.5) is 17.2 Å². The second-order valence-electron chi connectivity index (χ2n) is 10.7. The van der Waals surface area contributed by atoms with Gasteiger partial charge in [-0.3, -0.25) is 9.52 Å². The Morgan fingerprint density at radius 1 is 1.03 bits per heavy atom. The number of benzene rings is 2. The molecule has 2 N–H and O–H groups in total. The normalized spacial score (nSPS) is 13.7. The molecule has 0 spiro atoms. The van der Waals surface area contributed by atoms with Gasteiger partial charge < -0.3 is 19.7 Å². The minimum atomic E-state index is -3.59. The summed E-state index contributed by atoms with van der Waals surface area (Å²) < 4.78 is 38.1. The average molecular weight is 554 g/mol. The Labute approximate surface area is 229 Å². The van der Waals surface area contributed by atoms with Crippen molar-refractivity contribution >= 4 is 33.1 Å². The van der Waals surface area contributed by atoms with Crippen LogP contribution in [0.25, 0.3) is 0 Å². The lowest BCUT2D eigenvalue weighted by molar-refractivity contribution is 0.102. The molecule has 0 bridgehead atoms. The van der Waals surface area contributed by atoms with Crippen molar-refractivity contribution in [2.24, 2.45) is 0 Å². The molecule has 4 rings (SSSR count). The predicted molar refractivity (Wildman–Crippen MR) is 153 cm³/mol. The Balaban J connectivity index is 1.63. The van der Waals surface area contributed by atoms with Crippen molar-refractivity contribution in [2.75, 3.05) is 41.4 Å². The van der Waals surface area contributed by atoms with Gasteiger partial charge in [0.25, 0.3) is 5.91 Å². The van der Waals surface area contributed by atoms with Crippen molar-refractivity contribution in [2.45, 2.75) is 46.0 Å². The predicted octanol–water partition coefficient (Wildman–Crippen LogP) is 5.11. The van der Waals surface area contributed by atoms with Crippen LogP contribution in [0.5, 0.6) is 17.4 Å². The molecule has 1 amide bonds. The smallest absolute Gasteiger partial charge is 0.255 e. The number of anilines is 3. The first-order valence-electron chi connectivity index (χ1n) is 12.7. The number of aromatic nitrogens is 2. The van der Waals surface area contributed by atoms with Crippen LogP contribution in [0, 0.1) is 6.92 Å².